The Morgan fingerprint density at radius 1 is 1.00 bits per heavy atom. The van der Waals surface area contributed by atoms with Gasteiger partial charge in [0.1, 0.15) is 0 Å². The van der Waals surface area contributed by atoms with E-state index in [-0.39, 0.29) is 18.3 Å². The maximum Gasteiger partial charge on any atom is 0.486 e. The fraction of sp³-hybridized carbons (Fsp3) is 0.818. The van der Waals surface area contributed by atoms with Crippen molar-refractivity contribution in [1.29, 1.82) is 0 Å². The number of hydrogen-bond acceptors (Lipinski definition) is 2. The smallest absolute Gasteiger partial charge is 0.400 e. The van der Waals surface area contributed by atoms with Crippen LogP contribution in [0.1, 0.15) is 41.5 Å². The van der Waals surface area contributed by atoms with Gasteiger partial charge in [0.2, 0.25) is 0 Å². The molecule has 0 bridgehead atoms. The topological polar surface area (TPSA) is 18.5 Å². The van der Waals surface area contributed by atoms with Gasteiger partial charge in [-0.25, -0.2) is 0 Å². The average molecular weight is 196 g/mol. The van der Waals surface area contributed by atoms with Gasteiger partial charge in [-0.2, -0.15) is 0 Å². The van der Waals surface area contributed by atoms with E-state index in [1.807, 2.05) is 5.98 Å². The molecule has 1 fully saturated rings. The van der Waals surface area contributed by atoms with Gasteiger partial charge in [0.05, 0.1) is 11.2 Å². The molecule has 0 spiro atoms. The molecule has 0 aromatic heterocycles. The zero-order chi connectivity index (χ0) is 11.0. The maximum atomic E-state index is 5.81. The molecular formula is C11H21BO2. The molecule has 0 unspecified atom stereocenters. The monoisotopic (exact) mass is 196 g/mol. The van der Waals surface area contributed by atoms with Crippen LogP contribution in [0.4, 0.5) is 0 Å². The van der Waals surface area contributed by atoms with Gasteiger partial charge in [-0.15, -0.1) is 0 Å². The fourth-order valence-corrected chi connectivity index (χ4v) is 1.28. The third kappa shape index (κ3) is 2.40. The minimum atomic E-state index is -0.223. The molecule has 0 amide bonds. The Morgan fingerprint density at radius 2 is 1.43 bits per heavy atom. The zero-order valence-corrected chi connectivity index (χ0v) is 10.1. The minimum Gasteiger partial charge on any atom is -0.400 e. The summed E-state index contributed by atoms with van der Waals surface area (Å²) < 4.78 is 11.6. The van der Waals surface area contributed by atoms with Crippen LogP contribution in [0, 0.1) is 5.92 Å². The first kappa shape index (κ1) is 11.8. The Bertz CT molecular complexity index is 215. The normalized spacial score (nSPS) is 25.2. The second kappa shape index (κ2) is 3.71. The highest BCUT2D eigenvalue weighted by atomic mass is 16.7. The van der Waals surface area contributed by atoms with Crippen LogP contribution < -0.4 is 0 Å². The first-order valence-electron chi connectivity index (χ1n) is 5.28. The van der Waals surface area contributed by atoms with Crippen molar-refractivity contribution in [3.8, 4) is 0 Å². The van der Waals surface area contributed by atoms with E-state index in [4.69, 9.17) is 9.31 Å². The summed E-state index contributed by atoms with van der Waals surface area (Å²) in [4.78, 5) is 0. The van der Waals surface area contributed by atoms with E-state index in [2.05, 4.69) is 47.6 Å². The van der Waals surface area contributed by atoms with Crippen molar-refractivity contribution >= 4 is 7.12 Å². The van der Waals surface area contributed by atoms with Crippen molar-refractivity contribution in [1.82, 2.24) is 0 Å². The van der Waals surface area contributed by atoms with Crippen LogP contribution in [0.2, 0.25) is 0 Å². The summed E-state index contributed by atoms with van der Waals surface area (Å²) in [5.41, 5.74) is -0.446. The highest BCUT2D eigenvalue weighted by Gasteiger charge is 2.49. The second-order valence-corrected chi connectivity index (χ2v) is 5.25. The summed E-state index contributed by atoms with van der Waals surface area (Å²) >= 11 is 0. The molecule has 3 heteroatoms. The van der Waals surface area contributed by atoms with Gasteiger partial charge >= 0.3 is 7.12 Å². The molecular weight excluding hydrogens is 175 g/mol. The Labute approximate surface area is 87.8 Å². The predicted molar refractivity (Wildman–Crippen MR) is 60.1 cm³/mol. The predicted octanol–water partition coefficient (Wildman–Crippen LogP) is 2.83. The van der Waals surface area contributed by atoms with Crippen molar-refractivity contribution in [2.45, 2.75) is 52.7 Å². The number of allylic oxidation sites excluding steroid dienone is 1. The quantitative estimate of drug-likeness (QED) is 0.632. The Hall–Kier alpha value is -0.275. The van der Waals surface area contributed by atoms with Crippen LogP contribution in [-0.2, 0) is 9.31 Å². The number of rotatable bonds is 2. The van der Waals surface area contributed by atoms with Crippen LogP contribution in [0.3, 0.4) is 0 Å². The van der Waals surface area contributed by atoms with E-state index in [1.54, 1.807) is 0 Å². The molecule has 0 aromatic rings. The van der Waals surface area contributed by atoms with E-state index in [0.29, 0.717) is 5.92 Å². The third-order valence-corrected chi connectivity index (χ3v) is 2.92. The fourth-order valence-electron chi connectivity index (χ4n) is 1.28. The van der Waals surface area contributed by atoms with Crippen molar-refractivity contribution < 1.29 is 9.31 Å². The molecule has 80 valence electrons. The van der Waals surface area contributed by atoms with E-state index in [9.17, 15) is 0 Å². The van der Waals surface area contributed by atoms with E-state index in [1.165, 1.54) is 0 Å². The van der Waals surface area contributed by atoms with Gasteiger partial charge in [0.15, 0.2) is 0 Å². The molecule has 2 nitrogen and oxygen atoms in total. The molecule has 0 radical (unpaired) electrons. The molecule has 1 heterocycles. The van der Waals surface area contributed by atoms with Crippen LogP contribution in [0.25, 0.3) is 0 Å². The molecule has 1 aliphatic heterocycles. The van der Waals surface area contributed by atoms with Gasteiger partial charge in [-0.05, 0) is 33.6 Å². The standard InChI is InChI=1S/C11H21BO2/c1-9(2)7-8-12-13-10(3,4)11(5,6)14-12/h7-9H,1-6H3. The minimum absolute atomic E-state index is 0.192. The van der Waals surface area contributed by atoms with Gasteiger partial charge in [-0.1, -0.05) is 25.9 Å². The lowest BCUT2D eigenvalue weighted by atomic mass is 9.88. The summed E-state index contributed by atoms with van der Waals surface area (Å²) in [6, 6.07) is 0. The highest BCUT2D eigenvalue weighted by molar-refractivity contribution is 6.51. The van der Waals surface area contributed by atoms with E-state index in [0.717, 1.165) is 0 Å². The molecule has 0 saturated carbocycles. The largest absolute Gasteiger partial charge is 0.486 e. The maximum absolute atomic E-state index is 5.81. The van der Waals surface area contributed by atoms with Crippen molar-refractivity contribution in [3.63, 3.8) is 0 Å². The second-order valence-electron chi connectivity index (χ2n) is 5.25. The lowest BCUT2D eigenvalue weighted by Crippen LogP contribution is -2.41. The molecule has 1 aliphatic rings. The Kier molecular flexibility index (Phi) is 3.12. The van der Waals surface area contributed by atoms with Gasteiger partial charge in [-0.3, -0.25) is 0 Å². The van der Waals surface area contributed by atoms with Crippen LogP contribution in [0.5, 0.6) is 0 Å². The first-order chi connectivity index (χ1) is 6.24. The Balaban J connectivity index is 2.64. The summed E-state index contributed by atoms with van der Waals surface area (Å²) in [6.45, 7) is 12.5. The SMILES string of the molecule is CC(C)C=CB1OC(C)(C)C(C)(C)O1. The first-order valence-corrected chi connectivity index (χ1v) is 5.28. The molecule has 0 N–H and O–H groups in total. The van der Waals surface area contributed by atoms with Crippen LogP contribution in [0.15, 0.2) is 12.1 Å². The summed E-state index contributed by atoms with van der Waals surface area (Å²) in [5.74, 6) is 2.54. The number of hydrogen-bond donors (Lipinski definition) is 0. The molecule has 0 aromatic carbocycles. The van der Waals surface area contributed by atoms with Crippen molar-refractivity contribution in [2.24, 2.45) is 5.92 Å². The molecule has 14 heavy (non-hydrogen) atoms. The lowest BCUT2D eigenvalue weighted by molar-refractivity contribution is 0.00578. The van der Waals surface area contributed by atoms with Gasteiger partial charge in [0.25, 0.3) is 0 Å². The van der Waals surface area contributed by atoms with Crippen molar-refractivity contribution in [2.75, 3.05) is 0 Å². The average Bonchev–Trinajstić information content (AvgIpc) is 2.17. The van der Waals surface area contributed by atoms with Gasteiger partial charge in [0, 0.05) is 0 Å². The zero-order valence-electron chi connectivity index (χ0n) is 10.1. The lowest BCUT2D eigenvalue weighted by Gasteiger charge is -2.32. The highest BCUT2D eigenvalue weighted by Crippen LogP contribution is 2.36. The van der Waals surface area contributed by atoms with E-state index < -0.39 is 0 Å². The van der Waals surface area contributed by atoms with Gasteiger partial charge < -0.3 is 9.31 Å². The summed E-state index contributed by atoms with van der Waals surface area (Å²) in [7, 11) is -0.192. The third-order valence-electron chi connectivity index (χ3n) is 2.92. The van der Waals surface area contributed by atoms with E-state index >= 15 is 0 Å². The molecule has 1 rings (SSSR count). The molecule has 0 aliphatic carbocycles. The van der Waals surface area contributed by atoms with Crippen molar-refractivity contribution in [3.05, 3.63) is 12.1 Å². The molecule has 1 saturated heterocycles. The molecule has 0 atom stereocenters. The Morgan fingerprint density at radius 3 is 1.79 bits per heavy atom. The van der Waals surface area contributed by atoms with Crippen LogP contribution >= 0.6 is 0 Å². The summed E-state index contributed by atoms with van der Waals surface area (Å²) in [6.07, 6.45) is 2.11. The summed E-state index contributed by atoms with van der Waals surface area (Å²) in [5, 5.41) is 0. The van der Waals surface area contributed by atoms with Crippen LogP contribution in [-0.4, -0.2) is 18.3 Å².